The van der Waals surface area contributed by atoms with Gasteiger partial charge in [0.25, 0.3) is 0 Å². The number of benzene rings is 1. The number of carbonyl (C=O) groups excluding carboxylic acids is 1. The third kappa shape index (κ3) is 5.22. The van der Waals surface area contributed by atoms with Crippen molar-refractivity contribution in [2.24, 2.45) is 5.92 Å². The lowest BCUT2D eigenvalue weighted by Crippen LogP contribution is -2.41. The number of halogens is 2. The molecule has 0 radical (unpaired) electrons. The molecule has 8 heteroatoms. The number of ether oxygens (including phenoxy) is 1. The van der Waals surface area contributed by atoms with Crippen molar-refractivity contribution in [3.8, 4) is 5.75 Å². The molecule has 1 aliphatic rings. The first-order chi connectivity index (χ1) is 12.6. The molecule has 1 aliphatic heterocycles. The summed E-state index contributed by atoms with van der Waals surface area (Å²) in [5.74, 6) is 1.62. The highest BCUT2D eigenvalue weighted by Gasteiger charge is 2.25. The quantitative estimate of drug-likeness (QED) is 0.761. The molecule has 0 spiro atoms. The summed E-state index contributed by atoms with van der Waals surface area (Å²) in [5, 5.41) is 11.9. The summed E-state index contributed by atoms with van der Waals surface area (Å²) < 4.78 is 5.58. The topological polar surface area (TPSA) is 67.3 Å². The van der Waals surface area contributed by atoms with E-state index in [-0.39, 0.29) is 11.8 Å². The Hall–Kier alpha value is -2.05. The summed E-state index contributed by atoms with van der Waals surface area (Å²) in [6.07, 6.45) is 1.57. The normalized spacial score (nSPS) is 14.9. The Balaban J connectivity index is 1.37. The molecule has 0 saturated carbocycles. The van der Waals surface area contributed by atoms with Crippen molar-refractivity contribution in [2.75, 3.05) is 31.1 Å². The molecule has 0 unspecified atom stereocenters. The fourth-order valence-electron chi connectivity index (χ4n) is 2.87. The van der Waals surface area contributed by atoms with Crippen molar-refractivity contribution in [1.29, 1.82) is 0 Å². The summed E-state index contributed by atoms with van der Waals surface area (Å²) >= 11 is 11.6. The van der Waals surface area contributed by atoms with Gasteiger partial charge in [0.05, 0.1) is 6.54 Å². The summed E-state index contributed by atoms with van der Waals surface area (Å²) in [4.78, 5) is 14.4. The number of carbonyl (C=O) groups is 1. The minimum atomic E-state index is 0.0158. The molecule has 1 aromatic carbocycles. The maximum Gasteiger partial charge on any atom is 0.223 e. The zero-order chi connectivity index (χ0) is 18.4. The fourth-order valence-corrected chi connectivity index (χ4v) is 3.09. The van der Waals surface area contributed by atoms with Crippen LogP contribution in [-0.4, -0.2) is 42.3 Å². The first-order valence-corrected chi connectivity index (χ1v) is 9.27. The van der Waals surface area contributed by atoms with E-state index in [2.05, 4.69) is 20.4 Å². The van der Waals surface area contributed by atoms with Gasteiger partial charge in [0, 0.05) is 24.0 Å². The van der Waals surface area contributed by atoms with Crippen molar-refractivity contribution in [2.45, 2.75) is 12.8 Å². The van der Waals surface area contributed by atoms with Crippen molar-refractivity contribution >= 4 is 34.9 Å². The number of piperidine rings is 1. The van der Waals surface area contributed by atoms with E-state index in [1.807, 2.05) is 6.07 Å². The lowest BCUT2D eigenvalue weighted by atomic mass is 9.96. The second kappa shape index (κ2) is 9.05. The summed E-state index contributed by atoms with van der Waals surface area (Å²) in [6, 6.07) is 10.7. The first kappa shape index (κ1) is 18.7. The van der Waals surface area contributed by atoms with Gasteiger partial charge in [0.2, 0.25) is 5.91 Å². The number of nitrogens with zero attached hydrogens (tertiary/aromatic N) is 3. The van der Waals surface area contributed by atoms with E-state index in [9.17, 15) is 4.79 Å². The molecule has 0 aliphatic carbocycles. The number of hydrogen-bond donors (Lipinski definition) is 1. The number of rotatable bonds is 6. The third-order valence-corrected chi connectivity index (χ3v) is 4.74. The first-order valence-electron chi connectivity index (χ1n) is 8.52. The minimum Gasteiger partial charge on any atom is -0.492 e. The van der Waals surface area contributed by atoms with Gasteiger partial charge < -0.3 is 15.0 Å². The number of nitrogens with one attached hydrogen (secondary N) is 1. The highest BCUT2D eigenvalue weighted by molar-refractivity contribution is 6.30. The molecule has 1 saturated heterocycles. The number of amides is 1. The lowest BCUT2D eigenvalue weighted by Gasteiger charge is -2.31. The molecule has 2 aromatic rings. The molecule has 1 aromatic heterocycles. The Kier molecular flexibility index (Phi) is 6.52. The molecule has 3 rings (SSSR count). The SMILES string of the molecule is O=C(NCCOc1ccc(Cl)cc1)C1CCN(c2ccc(Cl)nn2)CC1. The fraction of sp³-hybridized carbons (Fsp3) is 0.389. The van der Waals surface area contributed by atoms with Crippen LogP contribution >= 0.6 is 23.2 Å². The Labute approximate surface area is 162 Å². The summed E-state index contributed by atoms with van der Waals surface area (Å²) in [5.41, 5.74) is 0. The molecule has 6 nitrogen and oxygen atoms in total. The van der Waals surface area contributed by atoms with Crippen molar-refractivity contribution in [3.05, 3.63) is 46.6 Å². The maximum absolute atomic E-state index is 12.3. The van der Waals surface area contributed by atoms with Crippen LogP contribution in [0.25, 0.3) is 0 Å². The second-order valence-corrected chi connectivity index (χ2v) is 6.89. The van der Waals surface area contributed by atoms with Gasteiger partial charge in [-0.25, -0.2) is 0 Å². The van der Waals surface area contributed by atoms with Gasteiger partial charge in [-0.3, -0.25) is 4.79 Å². The second-order valence-electron chi connectivity index (χ2n) is 6.07. The van der Waals surface area contributed by atoms with Crippen LogP contribution in [-0.2, 0) is 4.79 Å². The van der Waals surface area contributed by atoms with Gasteiger partial charge in [0.1, 0.15) is 12.4 Å². The van der Waals surface area contributed by atoms with E-state index in [0.29, 0.717) is 23.3 Å². The van der Waals surface area contributed by atoms with Gasteiger partial charge in [-0.1, -0.05) is 23.2 Å². The van der Waals surface area contributed by atoms with Crippen LogP contribution in [0.2, 0.25) is 10.2 Å². The van der Waals surface area contributed by atoms with Gasteiger partial charge >= 0.3 is 0 Å². The van der Waals surface area contributed by atoms with Gasteiger partial charge in [-0.2, -0.15) is 0 Å². The van der Waals surface area contributed by atoms with Gasteiger partial charge in [-0.05, 0) is 49.2 Å². The van der Waals surface area contributed by atoms with Crippen LogP contribution in [0.4, 0.5) is 5.82 Å². The minimum absolute atomic E-state index is 0.0158. The van der Waals surface area contributed by atoms with Crippen molar-refractivity contribution in [3.63, 3.8) is 0 Å². The summed E-state index contributed by atoms with van der Waals surface area (Å²) in [6.45, 7) is 2.45. The molecular weight excluding hydrogens is 375 g/mol. The third-order valence-electron chi connectivity index (χ3n) is 4.29. The Morgan fingerprint density at radius 3 is 2.50 bits per heavy atom. The molecular formula is C18H20Cl2N4O2. The van der Waals surface area contributed by atoms with E-state index in [1.165, 1.54) is 0 Å². The smallest absolute Gasteiger partial charge is 0.223 e. The average molecular weight is 395 g/mol. The van der Waals surface area contributed by atoms with E-state index in [1.54, 1.807) is 30.3 Å². The van der Waals surface area contributed by atoms with E-state index in [0.717, 1.165) is 37.5 Å². The number of hydrogen-bond acceptors (Lipinski definition) is 5. The molecule has 0 atom stereocenters. The van der Waals surface area contributed by atoms with Gasteiger partial charge in [0.15, 0.2) is 11.0 Å². The van der Waals surface area contributed by atoms with Crippen LogP contribution in [0.1, 0.15) is 12.8 Å². The maximum atomic E-state index is 12.3. The van der Waals surface area contributed by atoms with Crippen molar-refractivity contribution in [1.82, 2.24) is 15.5 Å². The van der Waals surface area contributed by atoms with Crippen LogP contribution in [0.3, 0.4) is 0 Å². The number of anilines is 1. The van der Waals surface area contributed by atoms with Crippen LogP contribution in [0, 0.1) is 5.92 Å². The molecule has 1 N–H and O–H groups in total. The van der Waals surface area contributed by atoms with E-state index < -0.39 is 0 Å². The molecule has 138 valence electrons. The highest BCUT2D eigenvalue weighted by atomic mass is 35.5. The molecule has 0 bridgehead atoms. The average Bonchev–Trinajstić information content (AvgIpc) is 2.67. The number of aromatic nitrogens is 2. The van der Waals surface area contributed by atoms with Crippen LogP contribution < -0.4 is 15.0 Å². The standard InChI is InChI=1S/C18H20Cl2N4O2/c19-14-1-3-15(4-2-14)26-12-9-21-18(25)13-7-10-24(11-8-13)17-6-5-16(20)22-23-17/h1-6,13H,7-12H2,(H,21,25). The zero-order valence-corrected chi connectivity index (χ0v) is 15.7. The van der Waals surface area contributed by atoms with E-state index in [4.69, 9.17) is 27.9 Å². The van der Waals surface area contributed by atoms with E-state index >= 15 is 0 Å². The molecule has 1 amide bonds. The molecule has 1 fully saturated rings. The largest absolute Gasteiger partial charge is 0.492 e. The molecule has 26 heavy (non-hydrogen) atoms. The lowest BCUT2D eigenvalue weighted by molar-refractivity contribution is -0.125. The zero-order valence-electron chi connectivity index (χ0n) is 14.2. The van der Waals surface area contributed by atoms with Crippen LogP contribution in [0.5, 0.6) is 5.75 Å². The van der Waals surface area contributed by atoms with Crippen molar-refractivity contribution < 1.29 is 9.53 Å². The van der Waals surface area contributed by atoms with Gasteiger partial charge in [-0.15, -0.1) is 10.2 Å². The molecule has 2 heterocycles. The summed E-state index contributed by atoms with van der Waals surface area (Å²) in [7, 11) is 0. The Morgan fingerprint density at radius 1 is 1.12 bits per heavy atom. The predicted molar refractivity (Wildman–Crippen MR) is 102 cm³/mol. The predicted octanol–water partition coefficient (Wildman–Crippen LogP) is 3.20. The highest BCUT2D eigenvalue weighted by Crippen LogP contribution is 2.22. The Bertz CT molecular complexity index is 717. The van der Waals surface area contributed by atoms with Crippen LogP contribution in [0.15, 0.2) is 36.4 Å². The monoisotopic (exact) mass is 394 g/mol. The Morgan fingerprint density at radius 2 is 1.85 bits per heavy atom.